The Bertz CT molecular complexity index is 1070. The number of rotatable bonds is 2. The Kier molecular flexibility index (Phi) is 4.59. The number of aromatic nitrogens is 1. The molecule has 0 N–H and O–H groups in total. The van der Waals surface area contributed by atoms with Gasteiger partial charge in [-0.05, 0) is 44.0 Å². The molecule has 0 amide bonds. The van der Waals surface area contributed by atoms with Crippen LogP contribution in [0.25, 0.3) is 6.08 Å². The van der Waals surface area contributed by atoms with E-state index in [1.165, 1.54) is 0 Å². The van der Waals surface area contributed by atoms with Crippen LogP contribution in [0.3, 0.4) is 0 Å². The van der Waals surface area contributed by atoms with Crippen molar-refractivity contribution in [3.63, 3.8) is 0 Å². The van der Waals surface area contributed by atoms with Crippen LogP contribution in [0.1, 0.15) is 37.8 Å². The summed E-state index contributed by atoms with van der Waals surface area (Å²) in [5.74, 6) is -1.18. The van der Waals surface area contributed by atoms with Crippen LogP contribution >= 0.6 is 0 Å². The van der Waals surface area contributed by atoms with Gasteiger partial charge in [-0.3, -0.25) is 4.98 Å². The van der Waals surface area contributed by atoms with Crippen LogP contribution in [0, 0.1) is 28.1 Å². The van der Waals surface area contributed by atoms with Crippen molar-refractivity contribution in [3.05, 3.63) is 66.0 Å². The van der Waals surface area contributed by atoms with E-state index in [0.29, 0.717) is 5.56 Å². The molecule has 30 heavy (non-hydrogen) atoms. The Morgan fingerprint density at radius 1 is 1.17 bits per heavy atom. The number of anilines is 1. The number of pyridine rings is 1. The third-order valence-corrected chi connectivity index (χ3v) is 5.61. The highest BCUT2D eigenvalue weighted by molar-refractivity contribution is 5.88. The van der Waals surface area contributed by atoms with Crippen molar-refractivity contribution >= 4 is 17.7 Å². The molecule has 1 aromatic heterocycles. The number of carbonyl (C=O) groups excluding carboxylic acids is 1. The third kappa shape index (κ3) is 2.93. The molecule has 3 atom stereocenters. The van der Waals surface area contributed by atoms with Gasteiger partial charge in [0.15, 0.2) is 5.41 Å². The monoisotopic (exact) mass is 398 g/mol. The minimum absolute atomic E-state index is 0.459. The second-order valence-electron chi connectivity index (χ2n) is 8.61. The number of nitrogens with zero attached hydrogens (tertiary/aromatic N) is 4. The Morgan fingerprint density at radius 3 is 2.53 bits per heavy atom. The minimum Gasteiger partial charge on any atom is -0.458 e. The minimum atomic E-state index is -1.48. The number of fused-ring (bicyclic) bond motifs is 3. The predicted octanol–water partition coefficient (Wildman–Crippen LogP) is 3.82. The van der Waals surface area contributed by atoms with Gasteiger partial charge in [0.25, 0.3) is 0 Å². The maximum absolute atomic E-state index is 13.5. The quantitative estimate of drug-likeness (QED) is 0.714. The van der Waals surface area contributed by atoms with Crippen LogP contribution < -0.4 is 4.90 Å². The number of nitriles is 2. The highest BCUT2D eigenvalue weighted by atomic mass is 16.6. The van der Waals surface area contributed by atoms with Gasteiger partial charge in [-0.2, -0.15) is 10.5 Å². The van der Waals surface area contributed by atoms with E-state index in [2.05, 4.69) is 17.1 Å². The summed E-state index contributed by atoms with van der Waals surface area (Å²) in [5, 5.41) is 20.5. The van der Waals surface area contributed by atoms with Gasteiger partial charge in [0.1, 0.15) is 11.6 Å². The zero-order valence-corrected chi connectivity index (χ0v) is 17.1. The molecule has 2 aliphatic heterocycles. The summed E-state index contributed by atoms with van der Waals surface area (Å²) in [6.45, 7) is 5.42. The molecular weight excluding hydrogens is 376 g/mol. The van der Waals surface area contributed by atoms with Crippen LogP contribution in [0.2, 0.25) is 0 Å². The number of hydrogen-bond donors (Lipinski definition) is 0. The maximum Gasteiger partial charge on any atom is 0.330 e. The topological polar surface area (TPSA) is 90.0 Å². The van der Waals surface area contributed by atoms with E-state index in [4.69, 9.17) is 4.74 Å². The molecule has 4 rings (SSSR count). The van der Waals surface area contributed by atoms with Crippen molar-refractivity contribution in [3.8, 4) is 12.1 Å². The lowest BCUT2D eigenvalue weighted by Crippen LogP contribution is -2.46. The third-order valence-electron chi connectivity index (χ3n) is 5.61. The first-order chi connectivity index (χ1) is 14.3. The van der Waals surface area contributed by atoms with Gasteiger partial charge in [-0.25, -0.2) is 4.79 Å². The van der Waals surface area contributed by atoms with Gasteiger partial charge in [-0.15, -0.1) is 0 Å². The van der Waals surface area contributed by atoms with E-state index >= 15 is 0 Å². The highest BCUT2D eigenvalue weighted by Gasteiger charge is 2.64. The Balaban J connectivity index is 1.97. The van der Waals surface area contributed by atoms with Crippen molar-refractivity contribution in [1.82, 2.24) is 4.98 Å². The molecule has 3 unspecified atom stereocenters. The zero-order valence-electron chi connectivity index (χ0n) is 17.1. The van der Waals surface area contributed by atoms with Crippen LogP contribution in [-0.2, 0) is 9.53 Å². The summed E-state index contributed by atoms with van der Waals surface area (Å²) >= 11 is 0. The first kappa shape index (κ1) is 19.7. The van der Waals surface area contributed by atoms with E-state index in [1.807, 2.05) is 68.2 Å². The van der Waals surface area contributed by atoms with E-state index in [9.17, 15) is 15.3 Å². The van der Waals surface area contributed by atoms with Crippen LogP contribution in [0.15, 0.2) is 54.9 Å². The Labute approximate surface area is 176 Å². The first-order valence-electron chi connectivity index (χ1n) is 9.83. The lowest BCUT2D eigenvalue weighted by atomic mass is 9.70. The second-order valence-corrected chi connectivity index (χ2v) is 8.61. The smallest absolute Gasteiger partial charge is 0.330 e. The molecule has 150 valence electrons. The molecule has 0 bridgehead atoms. The fourth-order valence-electron chi connectivity index (χ4n) is 4.50. The highest BCUT2D eigenvalue weighted by Crippen LogP contribution is 2.55. The number of hydrogen-bond acceptors (Lipinski definition) is 6. The lowest BCUT2D eigenvalue weighted by Gasteiger charge is -2.36. The molecule has 0 spiro atoms. The SMILES string of the molecule is CC(C)(C)OC(=O)C1C(c2cccnc2)C(C#N)(C#N)C2C=Cc3ccccc3N12. The molecular formula is C24H22N4O2. The fourth-order valence-corrected chi connectivity index (χ4v) is 4.50. The van der Waals surface area contributed by atoms with E-state index < -0.39 is 35.0 Å². The normalized spacial score (nSPS) is 23.6. The van der Waals surface area contributed by atoms with Gasteiger partial charge < -0.3 is 9.64 Å². The molecule has 0 saturated carbocycles. The van der Waals surface area contributed by atoms with Crippen molar-refractivity contribution in [2.24, 2.45) is 5.41 Å². The lowest BCUT2D eigenvalue weighted by molar-refractivity contribution is -0.156. The van der Waals surface area contributed by atoms with Crippen molar-refractivity contribution in [1.29, 1.82) is 10.5 Å². The molecule has 2 aliphatic rings. The summed E-state index contributed by atoms with van der Waals surface area (Å²) in [5.41, 5.74) is 0.217. The molecule has 6 nitrogen and oxygen atoms in total. The summed E-state index contributed by atoms with van der Waals surface area (Å²) in [7, 11) is 0. The summed E-state index contributed by atoms with van der Waals surface area (Å²) in [6, 6.07) is 14.3. The molecule has 0 aliphatic carbocycles. The number of esters is 1. The number of carbonyl (C=O) groups is 1. The molecule has 0 radical (unpaired) electrons. The van der Waals surface area contributed by atoms with E-state index in [-0.39, 0.29) is 0 Å². The number of ether oxygens (including phenoxy) is 1. The van der Waals surface area contributed by atoms with Crippen LogP contribution in [0.4, 0.5) is 5.69 Å². The Morgan fingerprint density at radius 2 is 1.90 bits per heavy atom. The fraction of sp³-hybridized carbons (Fsp3) is 0.333. The Hall–Kier alpha value is -3.64. The van der Waals surface area contributed by atoms with Gasteiger partial charge in [0.05, 0.1) is 24.1 Å². The van der Waals surface area contributed by atoms with Crippen LogP contribution in [0.5, 0.6) is 0 Å². The van der Waals surface area contributed by atoms with Crippen molar-refractivity contribution in [2.75, 3.05) is 4.90 Å². The van der Waals surface area contributed by atoms with Crippen LogP contribution in [-0.4, -0.2) is 28.6 Å². The maximum atomic E-state index is 13.5. The molecule has 1 saturated heterocycles. The predicted molar refractivity (Wildman–Crippen MR) is 112 cm³/mol. The largest absolute Gasteiger partial charge is 0.458 e. The second kappa shape index (κ2) is 7.00. The van der Waals surface area contributed by atoms with E-state index in [0.717, 1.165) is 11.3 Å². The number of benzene rings is 1. The van der Waals surface area contributed by atoms with Crippen molar-refractivity contribution in [2.45, 2.75) is 44.4 Å². The molecule has 2 aromatic rings. The average molecular weight is 398 g/mol. The zero-order chi connectivity index (χ0) is 21.5. The summed E-state index contributed by atoms with van der Waals surface area (Å²) in [4.78, 5) is 19.6. The summed E-state index contributed by atoms with van der Waals surface area (Å²) in [6.07, 6.45) is 7.02. The molecule has 3 heterocycles. The van der Waals surface area contributed by atoms with Gasteiger partial charge in [0.2, 0.25) is 0 Å². The van der Waals surface area contributed by atoms with Gasteiger partial charge >= 0.3 is 5.97 Å². The van der Waals surface area contributed by atoms with Crippen molar-refractivity contribution < 1.29 is 9.53 Å². The van der Waals surface area contributed by atoms with E-state index in [1.54, 1.807) is 18.5 Å². The molecule has 6 heteroatoms. The first-order valence-corrected chi connectivity index (χ1v) is 9.83. The number of para-hydroxylation sites is 1. The molecule has 1 aromatic carbocycles. The average Bonchev–Trinajstić information content (AvgIpc) is 3.04. The molecule has 1 fully saturated rings. The van der Waals surface area contributed by atoms with Gasteiger partial charge in [-0.1, -0.05) is 36.4 Å². The van der Waals surface area contributed by atoms with Gasteiger partial charge in [0, 0.05) is 18.1 Å². The summed E-state index contributed by atoms with van der Waals surface area (Å²) < 4.78 is 5.78. The standard InChI is InChI=1S/C24H22N4O2/c1-23(2,3)30-22(29)21-20(17-8-6-12-27-13-17)24(14-25,15-26)19-11-10-16-7-4-5-9-18(16)28(19)21/h4-13,19-21H,1-3H3.